The van der Waals surface area contributed by atoms with Crippen molar-refractivity contribution in [1.29, 1.82) is 0 Å². The highest BCUT2D eigenvalue weighted by Crippen LogP contribution is 2.32. The maximum Gasteiger partial charge on any atom is 0.416 e. The Balaban J connectivity index is 2.36. The molecule has 1 aromatic carbocycles. The van der Waals surface area contributed by atoms with E-state index in [1.165, 1.54) is 18.2 Å². The van der Waals surface area contributed by atoms with Gasteiger partial charge in [-0.1, -0.05) is 11.6 Å². The Morgan fingerprint density at radius 2 is 1.85 bits per heavy atom. The van der Waals surface area contributed by atoms with Crippen molar-refractivity contribution in [2.75, 3.05) is 5.32 Å². The summed E-state index contributed by atoms with van der Waals surface area (Å²) in [6, 6.07) is 5.46. The first-order valence-corrected chi connectivity index (χ1v) is 5.91. The molecule has 106 valence electrons. The molecule has 1 heterocycles. The fourth-order valence-corrected chi connectivity index (χ4v) is 1.84. The molecule has 0 saturated carbocycles. The molecule has 0 amide bonds. The summed E-state index contributed by atoms with van der Waals surface area (Å²) in [4.78, 5) is 3.77. The Kier molecular flexibility index (Phi) is 3.85. The van der Waals surface area contributed by atoms with E-state index in [0.29, 0.717) is 11.3 Å². The summed E-state index contributed by atoms with van der Waals surface area (Å²) in [7, 11) is 0. The molecule has 20 heavy (non-hydrogen) atoms. The van der Waals surface area contributed by atoms with E-state index in [9.17, 15) is 17.6 Å². The van der Waals surface area contributed by atoms with Crippen LogP contribution in [0.5, 0.6) is 0 Å². The summed E-state index contributed by atoms with van der Waals surface area (Å²) in [6.07, 6.45) is -4.51. The van der Waals surface area contributed by atoms with Crippen molar-refractivity contribution in [3.8, 4) is 0 Å². The van der Waals surface area contributed by atoms with Crippen LogP contribution in [0.2, 0.25) is 5.15 Å². The molecule has 0 saturated heterocycles. The summed E-state index contributed by atoms with van der Waals surface area (Å²) >= 11 is 5.58. The van der Waals surface area contributed by atoms with Gasteiger partial charge in [0.05, 0.1) is 5.56 Å². The molecular weight excluding hydrogens is 296 g/mol. The Morgan fingerprint density at radius 3 is 2.45 bits per heavy atom. The lowest BCUT2D eigenvalue weighted by Gasteiger charge is -2.12. The van der Waals surface area contributed by atoms with Crippen molar-refractivity contribution in [2.45, 2.75) is 13.1 Å². The number of hydrogen-bond donors (Lipinski definition) is 1. The number of aryl methyl sites for hydroxylation is 1. The zero-order valence-corrected chi connectivity index (χ0v) is 11.0. The zero-order chi connectivity index (χ0) is 14.9. The predicted octanol–water partition coefficient (Wildman–Crippen LogP) is 4.94. The first-order chi connectivity index (χ1) is 9.25. The normalized spacial score (nSPS) is 11.5. The summed E-state index contributed by atoms with van der Waals surface area (Å²) < 4.78 is 50.9. The summed E-state index contributed by atoms with van der Waals surface area (Å²) in [6.45, 7) is 1.63. The molecule has 0 aliphatic carbocycles. The van der Waals surface area contributed by atoms with Crippen molar-refractivity contribution in [2.24, 2.45) is 0 Å². The molecule has 2 rings (SSSR count). The van der Waals surface area contributed by atoms with E-state index < -0.39 is 17.6 Å². The van der Waals surface area contributed by atoms with Crippen LogP contribution in [0.4, 0.5) is 29.1 Å². The van der Waals surface area contributed by atoms with Gasteiger partial charge in [0.2, 0.25) is 0 Å². The number of nitrogens with zero attached hydrogens (tertiary/aromatic N) is 1. The van der Waals surface area contributed by atoms with Crippen molar-refractivity contribution >= 4 is 23.1 Å². The van der Waals surface area contributed by atoms with Gasteiger partial charge in [0, 0.05) is 5.69 Å². The number of anilines is 2. The van der Waals surface area contributed by atoms with E-state index in [1.807, 2.05) is 0 Å². The number of hydrogen-bond acceptors (Lipinski definition) is 2. The highest BCUT2D eigenvalue weighted by Gasteiger charge is 2.31. The fraction of sp³-hybridized carbons (Fsp3) is 0.154. The number of aromatic nitrogens is 1. The zero-order valence-electron chi connectivity index (χ0n) is 10.2. The van der Waals surface area contributed by atoms with Crippen LogP contribution in [0.25, 0.3) is 0 Å². The molecule has 0 aliphatic heterocycles. The third-order valence-electron chi connectivity index (χ3n) is 2.57. The minimum absolute atomic E-state index is 0.0560. The van der Waals surface area contributed by atoms with Crippen LogP contribution in [-0.2, 0) is 6.18 Å². The Morgan fingerprint density at radius 1 is 1.15 bits per heavy atom. The molecule has 1 aromatic heterocycles. The molecule has 0 bridgehead atoms. The van der Waals surface area contributed by atoms with Crippen molar-refractivity contribution in [1.82, 2.24) is 4.98 Å². The smallest absolute Gasteiger partial charge is 0.340 e. The molecule has 0 fully saturated rings. The first kappa shape index (κ1) is 14.6. The van der Waals surface area contributed by atoms with E-state index >= 15 is 0 Å². The third-order valence-corrected chi connectivity index (χ3v) is 2.77. The molecule has 2 nitrogen and oxygen atoms in total. The third kappa shape index (κ3) is 3.39. The summed E-state index contributed by atoms with van der Waals surface area (Å²) in [5.74, 6) is -0.484. The monoisotopic (exact) mass is 304 g/mol. The summed E-state index contributed by atoms with van der Waals surface area (Å²) in [5.41, 5.74) is 0.0920. The van der Waals surface area contributed by atoms with E-state index in [-0.39, 0.29) is 11.0 Å². The average molecular weight is 305 g/mol. The lowest BCUT2D eigenvalue weighted by Crippen LogP contribution is -2.07. The molecule has 2 aromatic rings. The maximum atomic E-state index is 13.0. The van der Waals surface area contributed by atoms with Gasteiger partial charge < -0.3 is 5.32 Å². The molecule has 0 radical (unpaired) electrons. The van der Waals surface area contributed by atoms with Crippen LogP contribution < -0.4 is 5.32 Å². The lowest BCUT2D eigenvalue weighted by molar-refractivity contribution is -0.137. The molecule has 7 heteroatoms. The van der Waals surface area contributed by atoms with Crippen molar-refractivity contribution < 1.29 is 17.6 Å². The SMILES string of the molecule is Cc1cc(F)ccc1Nc1cc(C(F)(F)F)cc(Cl)n1. The number of benzene rings is 1. The Labute approximate surface area is 117 Å². The second-order valence-electron chi connectivity index (χ2n) is 4.15. The highest BCUT2D eigenvalue weighted by molar-refractivity contribution is 6.29. The van der Waals surface area contributed by atoms with Gasteiger partial charge in [0.25, 0.3) is 0 Å². The minimum atomic E-state index is -4.51. The molecule has 1 N–H and O–H groups in total. The van der Waals surface area contributed by atoms with Crippen LogP contribution in [0.15, 0.2) is 30.3 Å². The first-order valence-electron chi connectivity index (χ1n) is 5.53. The predicted molar refractivity (Wildman–Crippen MR) is 68.7 cm³/mol. The standard InChI is InChI=1S/C13H9ClF4N2/c1-7-4-9(15)2-3-10(7)19-12-6-8(13(16,17)18)5-11(14)20-12/h2-6H,1H3,(H,19,20). The van der Waals surface area contributed by atoms with Crippen molar-refractivity contribution in [3.63, 3.8) is 0 Å². The van der Waals surface area contributed by atoms with Crippen LogP contribution in [0, 0.1) is 12.7 Å². The van der Waals surface area contributed by atoms with Crippen LogP contribution in [0.1, 0.15) is 11.1 Å². The second kappa shape index (κ2) is 5.28. The summed E-state index contributed by atoms with van der Waals surface area (Å²) in [5, 5.41) is 2.41. The largest absolute Gasteiger partial charge is 0.416 e. The van der Waals surface area contributed by atoms with E-state index in [2.05, 4.69) is 10.3 Å². The average Bonchev–Trinajstić information content (AvgIpc) is 2.31. The van der Waals surface area contributed by atoms with Gasteiger partial charge in [-0.05, 0) is 42.8 Å². The number of alkyl halides is 3. The topological polar surface area (TPSA) is 24.9 Å². The van der Waals surface area contributed by atoms with Gasteiger partial charge >= 0.3 is 6.18 Å². The van der Waals surface area contributed by atoms with Crippen LogP contribution >= 0.6 is 11.6 Å². The Hall–Kier alpha value is -1.82. The molecular formula is C13H9ClF4N2. The van der Waals surface area contributed by atoms with Crippen molar-refractivity contribution in [3.05, 3.63) is 52.4 Å². The van der Waals surface area contributed by atoms with Gasteiger partial charge in [0.1, 0.15) is 16.8 Å². The number of halogens is 5. The van der Waals surface area contributed by atoms with Crippen LogP contribution in [-0.4, -0.2) is 4.98 Å². The lowest BCUT2D eigenvalue weighted by atomic mass is 10.2. The van der Waals surface area contributed by atoms with Gasteiger partial charge in [0.15, 0.2) is 0 Å². The second-order valence-corrected chi connectivity index (χ2v) is 4.53. The quantitative estimate of drug-likeness (QED) is 0.627. The van der Waals surface area contributed by atoms with E-state index in [0.717, 1.165) is 12.1 Å². The Bertz CT molecular complexity index is 641. The molecule has 0 unspecified atom stereocenters. The highest BCUT2D eigenvalue weighted by atomic mass is 35.5. The van der Waals surface area contributed by atoms with Crippen LogP contribution in [0.3, 0.4) is 0 Å². The molecule has 0 atom stereocenters. The molecule has 0 aliphatic rings. The fourth-order valence-electron chi connectivity index (χ4n) is 1.63. The number of nitrogens with one attached hydrogen (secondary N) is 1. The van der Waals surface area contributed by atoms with Gasteiger partial charge in [-0.25, -0.2) is 9.37 Å². The minimum Gasteiger partial charge on any atom is -0.340 e. The van der Waals surface area contributed by atoms with Gasteiger partial charge in [-0.15, -0.1) is 0 Å². The number of pyridine rings is 1. The van der Waals surface area contributed by atoms with E-state index in [4.69, 9.17) is 11.6 Å². The molecule has 0 spiro atoms. The number of rotatable bonds is 2. The van der Waals surface area contributed by atoms with Gasteiger partial charge in [-0.3, -0.25) is 0 Å². The van der Waals surface area contributed by atoms with Gasteiger partial charge in [-0.2, -0.15) is 13.2 Å². The maximum absolute atomic E-state index is 13.0. The van der Waals surface area contributed by atoms with E-state index in [1.54, 1.807) is 6.92 Å².